The van der Waals surface area contributed by atoms with E-state index in [1.807, 2.05) is 6.07 Å². The summed E-state index contributed by atoms with van der Waals surface area (Å²) in [6, 6.07) is 7.20. The summed E-state index contributed by atoms with van der Waals surface area (Å²) in [5.41, 5.74) is 0.918. The van der Waals surface area contributed by atoms with Crippen molar-refractivity contribution in [3.05, 3.63) is 29.8 Å². The molecule has 2 aliphatic carbocycles. The third-order valence-corrected chi connectivity index (χ3v) is 5.16. The summed E-state index contributed by atoms with van der Waals surface area (Å²) in [7, 11) is 0. The molecule has 0 spiro atoms. The minimum absolute atomic E-state index is 0.155. The van der Waals surface area contributed by atoms with Gasteiger partial charge in [0.1, 0.15) is 5.75 Å². The van der Waals surface area contributed by atoms with Gasteiger partial charge in [-0.05, 0) is 36.0 Å². The lowest BCUT2D eigenvalue weighted by Gasteiger charge is -2.21. The van der Waals surface area contributed by atoms with Crippen LogP contribution in [-0.2, 0) is 16.1 Å². The Morgan fingerprint density at radius 2 is 2.00 bits per heavy atom. The number of carbonyl (C=O) groups is 2. The fourth-order valence-corrected chi connectivity index (χ4v) is 3.81. The number of hydrogen-bond donors (Lipinski definition) is 2. The predicted octanol–water partition coefficient (Wildman–Crippen LogP) is 2.98. The molecule has 5 heteroatoms. The predicted molar refractivity (Wildman–Crippen MR) is 89.6 cm³/mol. The van der Waals surface area contributed by atoms with Crippen LogP contribution < -0.4 is 10.1 Å². The minimum Gasteiger partial charge on any atom is -0.482 e. The zero-order valence-electron chi connectivity index (χ0n) is 13.9. The van der Waals surface area contributed by atoms with Gasteiger partial charge in [0.2, 0.25) is 5.91 Å². The number of ether oxygens (including phenoxy) is 1. The standard InChI is InChI=1S/C19H25NO4/c21-18(22)12-24-15-8-4-5-13(9-15)11-20-19(23)17-10-16(17)14-6-2-1-3-7-14/h4-5,8-9,14,16-17H,1-3,6-7,10-12H2,(H,20,23)(H,21,22). The van der Waals surface area contributed by atoms with Crippen molar-refractivity contribution in [2.24, 2.45) is 17.8 Å². The lowest BCUT2D eigenvalue weighted by atomic mass is 9.85. The molecular formula is C19H25NO4. The van der Waals surface area contributed by atoms with E-state index in [1.165, 1.54) is 32.1 Å². The molecule has 0 heterocycles. The average Bonchev–Trinajstić information content (AvgIpc) is 3.40. The van der Waals surface area contributed by atoms with Crippen molar-refractivity contribution in [2.75, 3.05) is 6.61 Å². The number of benzene rings is 1. The molecule has 3 rings (SSSR count). The molecule has 2 fully saturated rings. The fraction of sp³-hybridized carbons (Fsp3) is 0.579. The van der Waals surface area contributed by atoms with E-state index in [4.69, 9.17) is 9.84 Å². The molecule has 0 aliphatic heterocycles. The lowest BCUT2D eigenvalue weighted by molar-refractivity contribution is -0.139. The van der Waals surface area contributed by atoms with Crippen molar-refractivity contribution < 1.29 is 19.4 Å². The lowest BCUT2D eigenvalue weighted by Crippen LogP contribution is -2.26. The van der Waals surface area contributed by atoms with Crippen LogP contribution in [0.1, 0.15) is 44.1 Å². The van der Waals surface area contributed by atoms with E-state index in [1.54, 1.807) is 18.2 Å². The molecule has 2 aliphatic rings. The first-order chi connectivity index (χ1) is 11.6. The number of amides is 1. The van der Waals surface area contributed by atoms with Crippen molar-refractivity contribution in [1.82, 2.24) is 5.32 Å². The molecular weight excluding hydrogens is 306 g/mol. The minimum atomic E-state index is -1.00. The number of carboxylic acids is 1. The van der Waals surface area contributed by atoms with Crippen LogP contribution in [-0.4, -0.2) is 23.6 Å². The Hall–Kier alpha value is -2.04. The van der Waals surface area contributed by atoms with Crippen molar-refractivity contribution >= 4 is 11.9 Å². The molecule has 24 heavy (non-hydrogen) atoms. The Morgan fingerprint density at radius 3 is 2.75 bits per heavy atom. The SMILES string of the molecule is O=C(O)COc1cccc(CNC(=O)C2CC2C2CCCCC2)c1. The van der Waals surface area contributed by atoms with E-state index in [0.717, 1.165) is 17.9 Å². The highest BCUT2D eigenvalue weighted by molar-refractivity contribution is 5.81. The van der Waals surface area contributed by atoms with Crippen LogP contribution in [0.2, 0.25) is 0 Å². The topological polar surface area (TPSA) is 75.6 Å². The first-order valence-electron chi connectivity index (χ1n) is 8.85. The van der Waals surface area contributed by atoms with Crippen molar-refractivity contribution in [3.8, 4) is 5.75 Å². The van der Waals surface area contributed by atoms with E-state index >= 15 is 0 Å². The van der Waals surface area contributed by atoms with Crippen molar-refractivity contribution in [3.63, 3.8) is 0 Å². The second kappa shape index (κ2) is 7.69. The number of nitrogens with one attached hydrogen (secondary N) is 1. The van der Waals surface area contributed by atoms with Gasteiger partial charge < -0.3 is 15.2 Å². The quantitative estimate of drug-likeness (QED) is 0.805. The molecule has 2 atom stereocenters. The normalized spacial score (nSPS) is 23.5. The molecule has 130 valence electrons. The number of carboxylic acid groups (broad SMARTS) is 1. The summed E-state index contributed by atoms with van der Waals surface area (Å²) in [5, 5.41) is 11.6. The first kappa shape index (κ1) is 16.8. The summed E-state index contributed by atoms with van der Waals surface area (Å²) in [5.74, 6) is 1.20. The summed E-state index contributed by atoms with van der Waals surface area (Å²) in [6.07, 6.45) is 7.60. The van der Waals surface area contributed by atoms with Gasteiger partial charge in [0, 0.05) is 12.5 Å². The third-order valence-electron chi connectivity index (χ3n) is 5.16. The molecule has 2 saturated carbocycles. The number of rotatable bonds is 7. The number of hydrogen-bond acceptors (Lipinski definition) is 3. The molecule has 0 bridgehead atoms. The van der Waals surface area contributed by atoms with Crippen LogP contribution in [0.3, 0.4) is 0 Å². The van der Waals surface area contributed by atoms with Gasteiger partial charge in [-0.2, -0.15) is 0 Å². The zero-order chi connectivity index (χ0) is 16.9. The smallest absolute Gasteiger partial charge is 0.341 e. The van der Waals surface area contributed by atoms with Gasteiger partial charge in [-0.25, -0.2) is 4.79 Å². The maximum absolute atomic E-state index is 12.3. The van der Waals surface area contributed by atoms with E-state index in [-0.39, 0.29) is 18.4 Å². The second-order valence-electron chi connectivity index (χ2n) is 6.95. The van der Waals surface area contributed by atoms with E-state index in [2.05, 4.69) is 5.32 Å². The summed E-state index contributed by atoms with van der Waals surface area (Å²) in [6.45, 7) is 0.0952. The highest BCUT2D eigenvalue weighted by Crippen LogP contribution is 2.49. The molecule has 1 aromatic carbocycles. The summed E-state index contributed by atoms with van der Waals surface area (Å²) >= 11 is 0. The average molecular weight is 331 g/mol. The molecule has 5 nitrogen and oxygen atoms in total. The Kier molecular flexibility index (Phi) is 5.38. The summed E-state index contributed by atoms with van der Waals surface area (Å²) < 4.78 is 5.16. The molecule has 0 aromatic heterocycles. The molecule has 1 aromatic rings. The summed E-state index contributed by atoms with van der Waals surface area (Å²) in [4.78, 5) is 22.8. The highest BCUT2D eigenvalue weighted by atomic mass is 16.5. The fourth-order valence-electron chi connectivity index (χ4n) is 3.81. The van der Waals surface area contributed by atoms with Crippen LogP contribution in [0.25, 0.3) is 0 Å². The zero-order valence-corrected chi connectivity index (χ0v) is 13.9. The molecule has 2 unspecified atom stereocenters. The van der Waals surface area contributed by atoms with Crippen molar-refractivity contribution in [2.45, 2.75) is 45.1 Å². The van der Waals surface area contributed by atoms with Gasteiger partial charge in [0.05, 0.1) is 0 Å². The van der Waals surface area contributed by atoms with Gasteiger partial charge in [-0.15, -0.1) is 0 Å². The van der Waals surface area contributed by atoms with Crippen LogP contribution in [0.5, 0.6) is 5.75 Å². The largest absolute Gasteiger partial charge is 0.482 e. The van der Waals surface area contributed by atoms with Gasteiger partial charge in [-0.1, -0.05) is 44.2 Å². The van der Waals surface area contributed by atoms with Crippen LogP contribution in [0, 0.1) is 17.8 Å². The number of aliphatic carboxylic acids is 1. The van der Waals surface area contributed by atoms with Gasteiger partial charge in [0.25, 0.3) is 0 Å². The van der Waals surface area contributed by atoms with Crippen LogP contribution >= 0.6 is 0 Å². The number of carbonyl (C=O) groups excluding carboxylic acids is 1. The second-order valence-corrected chi connectivity index (χ2v) is 6.95. The van der Waals surface area contributed by atoms with Crippen LogP contribution in [0.15, 0.2) is 24.3 Å². The monoisotopic (exact) mass is 331 g/mol. The van der Waals surface area contributed by atoms with E-state index in [9.17, 15) is 9.59 Å². The highest BCUT2D eigenvalue weighted by Gasteiger charge is 2.47. The van der Waals surface area contributed by atoms with Gasteiger partial charge >= 0.3 is 5.97 Å². The van der Waals surface area contributed by atoms with Crippen molar-refractivity contribution in [1.29, 1.82) is 0 Å². The molecule has 0 radical (unpaired) electrons. The molecule has 0 saturated heterocycles. The third kappa shape index (κ3) is 4.49. The van der Waals surface area contributed by atoms with Gasteiger partial charge in [0.15, 0.2) is 6.61 Å². The maximum Gasteiger partial charge on any atom is 0.341 e. The van der Waals surface area contributed by atoms with Gasteiger partial charge in [-0.3, -0.25) is 4.79 Å². The van der Waals surface area contributed by atoms with Crippen LogP contribution in [0.4, 0.5) is 0 Å². The Bertz CT molecular complexity index is 595. The molecule has 1 amide bonds. The first-order valence-corrected chi connectivity index (χ1v) is 8.85. The Balaban J connectivity index is 1.45. The van der Waals surface area contributed by atoms with E-state index in [0.29, 0.717) is 18.2 Å². The molecule has 2 N–H and O–H groups in total. The Morgan fingerprint density at radius 1 is 1.21 bits per heavy atom. The Labute approximate surface area is 142 Å². The van der Waals surface area contributed by atoms with E-state index < -0.39 is 5.97 Å². The maximum atomic E-state index is 12.3.